The number of methoxy groups -OCH3 is 2. The predicted octanol–water partition coefficient (Wildman–Crippen LogP) is 1.98. The Morgan fingerprint density at radius 3 is 2.11 bits per heavy atom. The average Bonchev–Trinajstić information content (AvgIpc) is 2.59. The van der Waals surface area contributed by atoms with Crippen LogP contribution in [-0.4, -0.2) is 56.0 Å². The highest BCUT2D eigenvalue weighted by atomic mass is 16.6. The average molecular weight is 398 g/mol. The van der Waals surface area contributed by atoms with Gasteiger partial charge in [-0.2, -0.15) is 0 Å². The number of benzene rings is 1. The molecule has 0 saturated carbocycles. The number of carbonyl (C=O) groups excluding carboxylic acids is 2. The summed E-state index contributed by atoms with van der Waals surface area (Å²) in [4.78, 5) is 32.1. The molecule has 1 rings (SSSR count). The summed E-state index contributed by atoms with van der Waals surface area (Å²) in [6.07, 6.45) is -0.362. The number of nitrogens with one attached hydrogen (secondary N) is 2. The lowest BCUT2D eigenvalue weighted by Gasteiger charge is -2.19. The number of hydrogen-bond acceptors (Lipinski definition) is 6. The molecule has 0 heterocycles. The van der Waals surface area contributed by atoms with Gasteiger partial charge < -0.3 is 30.0 Å². The predicted molar refractivity (Wildman–Crippen MR) is 104 cm³/mol. The summed E-state index contributed by atoms with van der Waals surface area (Å²) in [5, 5.41) is 13.0. The summed E-state index contributed by atoms with van der Waals surface area (Å²) < 4.78 is 15.1. The van der Waals surface area contributed by atoms with Crippen LogP contribution in [0.15, 0.2) is 18.2 Å². The van der Waals surface area contributed by atoms with E-state index in [1.54, 1.807) is 41.1 Å². The minimum Gasteiger partial charge on any atom is -0.493 e. The zero-order valence-electron chi connectivity index (χ0n) is 17.3. The van der Waals surface area contributed by atoms with E-state index in [2.05, 4.69) is 10.6 Å². The Bertz CT molecular complexity index is 654. The van der Waals surface area contributed by atoms with Crippen LogP contribution in [0.2, 0.25) is 0 Å². The van der Waals surface area contributed by atoms with E-state index >= 15 is 0 Å². The minimum absolute atomic E-state index is 0.00900. The van der Waals surface area contributed by atoms with E-state index in [9.17, 15) is 14.4 Å². The molecule has 3 N–H and O–H groups in total. The largest absolute Gasteiger partial charge is 0.493 e. The van der Waals surface area contributed by atoms with Crippen LogP contribution >= 0.6 is 0 Å². The number of carbonyl (C=O) groups is 3. The molecule has 9 nitrogen and oxygen atoms in total. The van der Waals surface area contributed by atoms with Crippen molar-refractivity contribution in [1.82, 2.24) is 10.6 Å². The summed E-state index contributed by atoms with van der Waals surface area (Å²) >= 11 is 0. The Morgan fingerprint density at radius 2 is 1.64 bits per heavy atom. The van der Waals surface area contributed by atoms with Gasteiger partial charge in [0.1, 0.15) is 12.1 Å². The first-order valence-corrected chi connectivity index (χ1v) is 8.68. The molecule has 1 aromatic carbocycles. The lowest BCUT2D eigenvalue weighted by Crippen LogP contribution is -2.35. The first-order chi connectivity index (χ1) is 13.0. The molecule has 9 heteroatoms. The third kappa shape index (κ3) is 11.6. The number of carboxylic acid groups (broad SMARTS) is 1. The number of alkyl carbamates (subject to hydrolysis) is 1. The fourth-order valence-corrected chi connectivity index (χ4v) is 1.90. The molecular formula is C19H30N2O7. The number of carboxylic acids is 1. The third-order valence-corrected chi connectivity index (χ3v) is 2.97. The Kier molecular flexibility index (Phi) is 11.1. The summed E-state index contributed by atoms with van der Waals surface area (Å²) in [6, 6.07) is 5.47. The maximum Gasteiger partial charge on any atom is 0.408 e. The summed E-state index contributed by atoms with van der Waals surface area (Å²) in [5.74, 6) is 0.224. The molecule has 158 valence electrons. The van der Waals surface area contributed by atoms with Gasteiger partial charge in [0.05, 0.1) is 20.6 Å². The fraction of sp³-hybridized carbons (Fsp3) is 0.526. The van der Waals surface area contributed by atoms with E-state index < -0.39 is 24.2 Å². The van der Waals surface area contributed by atoms with Crippen LogP contribution in [0.25, 0.3) is 0 Å². The molecule has 0 aliphatic carbocycles. The second-order valence-electron chi connectivity index (χ2n) is 6.57. The van der Waals surface area contributed by atoms with Crippen molar-refractivity contribution in [2.45, 2.75) is 39.7 Å². The van der Waals surface area contributed by atoms with Crippen LogP contribution in [0.4, 0.5) is 4.79 Å². The topological polar surface area (TPSA) is 123 Å². The standard InChI is InChI=1S/C12H17NO3.C7H13NO4/c1-4-13-12(14)8-9-5-6-10(15-2)11(7-9)16-3;1-7(2,3)12-6(11)8-4-5(9)10/h5-7H,4,8H2,1-3H3,(H,13,14);4H2,1-3H3,(H,8,11)(H,9,10). The van der Waals surface area contributed by atoms with Crippen molar-refractivity contribution >= 4 is 18.0 Å². The molecule has 0 aromatic heterocycles. The molecule has 0 aliphatic rings. The molecule has 2 amide bonds. The zero-order chi connectivity index (χ0) is 21.7. The first-order valence-electron chi connectivity index (χ1n) is 8.68. The van der Waals surface area contributed by atoms with E-state index in [1.165, 1.54) is 0 Å². The highest BCUT2D eigenvalue weighted by molar-refractivity contribution is 5.78. The van der Waals surface area contributed by atoms with Gasteiger partial charge in [0.15, 0.2) is 11.5 Å². The number of likely N-dealkylation sites (N-methyl/N-ethyl adjacent to an activating group) is 1. The lowest BCUT2D eigenvalue weighted by atomic mass is 10.1. The van der Waals surface area contributed by atoms with E-state index in [0.29, 0.717) is 24.5 Å². The second-order valence-corrected chi connectivity index (χ2v) is 6.57. The Hall–Kier alpha value is -2.97. The SMILES string of the molecule is CC(C)(C)OC(=O)NCC(=O)O.CCNC(=O)Cc1ccc(OC)c(OC)c1. The highest BCUT2D eigenvalue weighted by Crippen LogP contribution is 2.27. The van der Waals surface area contributed by atoms with Crippen LogP contribution in [0.1, 0.15) is 33.3 Å². The van der Waals surface area contributed by atoms with E-state index in [-0.39, 0.29) is 5.91 Å². The van der Waals surface area contributed by atoms with Gasteiger partial charge in [-0.15, -0.1) is 0 Å². The maximum absolute atomic E-state index is 11.4. The maximum atomic E-state index is 11.4. The molecule has 0 spiro atoms. The summed E-state index contributed by atoms with van der Waals surface area (Å²) in [7, 11) is 3.16. The van der Waals surface area contributed by atoms with Crippen molar-refractivity contribution in [2.24, 2.45) is 0 Å². The van der Waals surface area contributed by atoms with Crippen molar-refractivity contribution in [3.8, 4) is 11.5 Å². The highest BCUT2D eigenvalue weighted by Gasteiger charge is 2.16. The van der Waals surface area contributed by atoms with Crippen LogP contribution in [0.3, 0.4) is 0 Å². The zero-order valence-corrected chi connectivity index (χ0v) is 17.3. The molecule has 0 atom stereocenters. The van der Waals surface area contributed by atoms with Crippen molar-refractivity contribution in [1.29, 1.82) is 0 Å². The first kappa shape index (κ1) is 25.0. The number of hydrogen-bond donors (Lipinski definition) is 3. The van der Waals surface area contributed by atoms with E-state index in [1.807, 2.05) is 19.1 Å². The second kappa shape index (κ2) is 12.4. The van der Waals surface area contributed by atoms with Gasteiger partial charge in [0.25, 0.3) is 0 Å². The van der Waals surface area contributed by atoms with Gasteiger partial charge in [0.2, 0.25) is 5.91 Å². The van der Waals surface area contributed by atoms with Crippen LogP contribution < -0.4 is 20.1 Å². The number of rotatable bonds is 7. The van der Waals surface area contributed by atoms with Gasteiger partial charge in [-0.05, 0) is 45.4 Å². The molecule has 0 radical (unpaired) electrons. The Morgan fingerprint density at radius 1 is 1.04 bits per heavy atom. The van der Waals surface area contributed by atoms with Crippen LogP contribution in [-0.2, 0) is 20.7 Å². The minimum atomic E-state index is -1.10. The monoisotopic (exact) mass is 398 g/mol. The molecule has 0 unspecified atom stereocenters. The Balaban J connectivity index is 0.000000546. The molecule has 0 aliphatic heterocycles. The van der Waals surface area contributed by atoms with Crippen molar-refractivity contribution in [3.63, 3.8) is 0 Å². The number of amides is 2. The lowest BCUT2D eigenvalue weighted by molar-refractivity contribution is -0.136. The quantitative estimate of drug-likeness (QED) is 0.642. The number of aliphatic carboxylic acids is 1. The third-order valence-electron chi connectivity index (χ3n) is 2.97. The van der Waals surface area contributed by atoms with Crippen LogP contribution in [0.5, 0.6) is 11.5 Å². The normalized spacial score (nSPS) is 10.1. The fourth-order valence-electron chi connectivity index (χ4n) is 1.90. The smallest absolute Gasteiger partial charge is 0.408 e. The summed E-state index contributed by atoms with van der Waals surface area (Å²) in [6.45, 7) is 7.22. The molecular weight excluding hydrogens is 368 g/mol. The molecule has 0 bridgehead atoms. The van der Waals surface area contributed by atoms with Gasteiger partial charge >= 0.3 is 12.1 Å². The van der Waals surface area contributed by atoms with Crippen LogP contribution in [0, 0.1) is 0 Å². The van der Waals surface area contributed by atoms with Gasteiger partial charge in [-0.3, -0.25) is 9.59 Å². The number of ether oxygens (including phenoxy) is 3. The molecule has 0 saturated heterocycles. The van der Waals surface area contributed by atoms with Gasteiger partial charge in [-0.1, -0.05) is 6.07 Å². The van der Waals surface area contributed by atoms with E-state index in [4.69, 9.17) is 19.3 Å². The van der Waals surface area contributed by atoms with Crippen molar-refractivity contribution < 1.29 is 33.7 Å². The van der Waals surface area contributed by atoms with Crippen molar-refractivity contribution in [2.75, 3.05) is 27.3 Å². The van der Waals surface area contributed by atoms with Crippen molar-refractivity contribution in [3.05, 3.63) is 23.8 Å². The summed E-state index contributed by atoms with van der Waals surface area (Å²) in [5.41, 5.74) is 0.311. The molecule has 0 fully saturated rings. The molecule has 1 aromatic rings. The molecule has 28 heavy (non-hydrogen) atoms. The van der Waals surface area contributed by atoms with Gasteiger partial charge in [-0.25, -0.2) is 4.79 Å². The van der Waals surface area contributed by atoms with E-state index in [0.717, 1.165) is 5.56 Å². The Labute approximate surface area is 165 Å². The van der Waals surface area contributed by atoms with Gasteiger partial charge in [0, 0.05) is 6.54 Å².